The molecule has 0 bridgehead atoms. The highest BCUT2D eigenvalue weighted by Gasteiger charge is 2.32. The van der Waals surface area contributed by atoms with Crippen molar-refractivity contribution in [1.82, 2.24) is 10.6 Å². The van der Waals surface area contributed by atoms with Gasteiger partial charge in [-0.1, -0.05) is 59.6 Å². The Morgan fingerprint density at radius 1 is 1.12 bits per heavy atom. The van der Waals surface area contributed by atoms with E-state index in [1.54, 1.807) is 25.1 Å². The Kier molecular flexibility index (Phi) is 5.49. The highest BCUT2D eigenvalue weighted by Crippen LogP contribution is 2.32. The number of hydrogen-bond acceptors (Lipinski definition) is 3. The quantitative estimate of drug-likeness (QED) is 0.761. The molecule has 1 heterocycles. The van der Waals surface area contributed by atoms with Crippen molar-refractivity contribution in [2.24, 2.45) is 0 Å². The molecule has 26 heavy (non-hydrogen) atoms. The lowest BCUT2D eigenvalue weighted by Gasteiger charge is -2.28. The van der Waals surface area contributed by atoms with Crippen LogP contribution in [0.3, 0.4) is 0 Å². The third-order valence-corrected chi connectivity index (χ3v) is 4.72. The number of urea groups is 1. The summed E-state index contributed by atoms with van der Waals surface area (Å²) in [6.45, 7) is 1.79. The van der Waals surface area contributed by atoms with Crippen LogP contribution in [0.2, 0.25) is 10.0 Å². The zero-order valence-corrected chi connectivity index (χ0v) is 15.4. The molecule has 2 aromatic rings. The third kappa shape index (κ3) is 4.00. The number of halogens is 2. The average Bonchev–Trinajstić information content (AvgIpc) is 2.62. The highest BCUT2D eigenvalue weighted by molar-refractivity contribution is 6.42. The van der Waals surface area contributed by atoms with Gasteiger partial charge in [-0.3, -0.25) is 0 Å². The SMILES string of the molecule is CC1=C(C(=O)OCc2ccccc2)[C@H](c2ccc(Cl)c(Cl)c2)NC(=O)N1. The summed E-state index contributed by atoms with van der Waals surface area (Å²) in [5, 5.41) is 6.06. The maximum atomic E-state index is 12.7. The van der Waals surface area contributed by atoms with Crippen LogP contribution in [0.25, 0.3) is 0 Å². The van der Waals surface area contributed by atoms with Gasteiger partial charge in [0, 0.05) is 5.70 Å². The molecule has 0 fully saturated rings. The molecule has 5 nitrogen and oxygen atoms in total. The first kappa shape index (κ1) is 18.3. The largest absolute Gasteiger partial charge is 0.457 e. The first-order valence-electron chi connectivity index (χ1n) is 7.90. The fraction of sp³-hybridized carbons (Fsp3) is 0.158. The van der Waals surface area contributed by atoms with E-state index in [4.69, 9.17) is 27.9 Å². The van der Waals surface area contributed by atoms with Crippen molar-refractivity contribution in [3.63, 3.8) is 0 Å². The molecule has 134 valence electrons. The van der Waals surface area contributed by atoms with Crippen LogP contribution >= 0.6 is 23.2 Å². The van der Waals surface area contributed by atoms with Gasteiger partial charge in [-0.2, -0.15) is 0 Å². The van der Waals surface area contributed by atoms with Gasteiger partial charge in [0.1, 0.15) is 6.61 Å². The molecule has 2 amide bonds. The second-order valence-electron chi connectivity index (χ2n) is 5.81. The predicted molar refractivity (Wildman–Crippen MR) is 99.8 cm³/mol. The van der Waals surface area contributed by atoms with E-state index in [1.165, 1.54) is 0 Å². The summed E-state index contributed by atoms with van der Waals surface area (Å²) in [5.41, 5.74) is 2.26. The number of carbonyl (C=O) groups is 2. The van der Waals surface area contributed by atoms with Crippen LogP contribution in [0.1, 0.15) is 24.1 Å². The highest BCUT2D eigenvalue weighted by atomic mass is 35.5. The molecule has 0 aromatic heterocycles. The fourth-order valence-electron chi connectivity index (χ4n) is 2.71. The number of nitrogens with one attached hydrogen (secondary N) is 2. The molecule has 0 saturated heterocycles. The van der Waals surface area contributed by atoms with Gasteiger partial charge in [-0.25, -0.2) is 9.59 Å². The van der Waals surface area contributed by atoms with Crippen LogP contribution in [-0.2, 0) is 16.1 Å². The van der Waals surface area contributed by atoms with E-state index in [1.807, 2.05) is 30.3 Å². The summed E-state index contributed by atoms with van der Waals surface area (Å²) >= 11 is 12.0. The molecule has 2 N–H and O–H groups in total. The number of carbonyl (C=O) groups excluding carboxylic acids is 2. The Hall–Kier alpha value is -2.50. The van der Waals surface area contributed by atoms with E-state index in [2.05, 4.69) is 10.6 Å². The minimum atomic E-state index is -0.679. The first-order valence-corrected chi connectivity index (χ1v) is 8.65. The minimum Gasteiger partial charge on any atom is -0.457 e. The molecule has 0 saturated carbocycles. The van der Waals surface area contributed by atoms with E-state index >= 15 is 0 Å². The Balaban J connectivity index is 1.87. The summed E-state index contributed by atoms with van der Waals surface area (Å²) in [6.07, 6.45) is 0. The molecule has 2 aromatic carbocycles. The van der Waals surface area contributed by atoms with Gasteiger partial charge >= 0.3 is 12.0 Å². The first-order chi connectivity index (χ1) is 12.5. The van der Waals surface area contributed by atoms with Crippen LogP contribution in [0.5, 0.6) is 0 Å². The molecule has 1 atom stereocenters. The number of esters is 1. The average molecular weight is 391 g/mol. The van der Waals surface area contributed by atoms with Crippen molar-refractivity contribution in [2.75, 3.05) is 0 Å². The van der Waals surface area contributed by atoms with Crippen molar-refractivity contribution >= 4 is 35.2 Å². The molecule has 1 aliphatic heterocycles. The summed E-state index contributed by atoms with van der Waals surface area (Å²) < 4.78 is 5.43. The second-order valence-corrected chi connectivity index (χ2v) is 6.62. The van der Waals surface area contributed by atoms with Gasteiger partial charge in [-0.05, 0) is 30.2 Å². The maximum absolute atomic E-state index is 12.7. The smallest absolute Gasteiger partial charge is 0.338 e. The minimum absolute atomic E-state index is 0.137. The fourth-order valence-corrected chi connectivity index (χ4v) is 3.01. The third-order valence-electron chi connectivity index (χ3n) is 3.98. The maximum Gasteiger partial charge on any atom is 0.338 e. The van der Waals surface area contributed by atoms with Gasteiger partial charge < -0.3 is 15.4 Å². The van der Waals surface area contributed by atoms with Crippen molar-refractivity contribution in [2.45, 2.75) is 19.6 Å². The van der Waals surface area contributed by atoms with Gasteiger partial charge in [-0.15, -0.1) is 0 Å². The normalized spacial score (nSPS) is 16.7. The van der Waals surface area contributed by atoms with Crippen molar-refractivity contribution in [3.05, 3.63) is 81.0 Å². The lowest BCUT2D eigenvalue weighted by molar-refractivity contribution is -0.140. The predicted octanol–water partition coefficient (Wildman–Crippen LogP) is 4.36. The van der Waals surface area contributed by atoms with Gasteiger partial charge in [0.05, 0.1) is 21.7 Å². The van der Waals surface area contributed by atoms with E-state index in [-0.39, 0.29) is 6.61 Å². The molecule has 0 radical (unpaired) electrons. The van der Waals surface area contributed by atoms with E-state index in [0.29, 0.717) is 26.9 Å². The summed E-state index contributed by atoms with van der Waals surface area (Å²) in [6, 6.07) is 13.2. The summed E-state index contributed by atoms with van der Waals surface area (Å²) in [5.74, 6) is -0.519. The Morgan fingerprint density at radius 2 is 1.85 bits per heavy atom. The van der Waals surface area contributed by atoms with Crippen LogP contribution in [0.15, 0.2) is 59.8 Å². The van der Waals surface area contributed by atoms with E-state index < -0.39 is 18.0 Å². The monoisotopic (exact) mass is 390 g/mol. The molecule has 0 aliphatic carbocycles. The molecular formula is C19H16Cl2N2O3. The number of rotatable bonds is 4. The topological polar surface area (TPSA) is 67.4 Å². The second kappa shape index (κ2) is 7.81. The number of allylic oxidation sites excluding steroid dienone is 1. The lowest BCUT2D eigenvalue weighted by Crippen LogP contribution is -2.45. The van der Waals surface area contributed by atoms with E-state index in [9.17, 15) is 9.59 Å². The molecular weight excluding hydrogens is 375 g/mol. The van der Waals surface area contributed by atoms with Crippen molar-refractivity contribution in [1.29, 1.82) is 0 Å². The van der Waals surface area contributed by atoms with Crippen molar-refractivity contribution in [3.8, 4) is 0 Å². The summed E-state index contributed by atoms with van der Waals surface area (Å²) in [7, 11) is 0. The van der Waals surface area contributed by atoms with Gasteiger partial charge in [0.15, 0.2) is 0 Å². The van der Waals surface area contributed by atoms with Crippen LogP contribution in [0, 0.1) is 0 Å². The number of hydrogen-bond donors (Lipinski definition) is 2. The zero-order chi connectivity index (χ0) is 18.7. The van der Waals surface area contributed by atoms with Gasteiger partial charge in [0.25, 0.3) is 0 Å². The molecule has 1 aliphatic rings. The Labute approximate surface area is 160 Å². The van der Waals surface area contributed by atoms with Crippen LogP contribution in [-0.4, -0.2) is 12.0 Å². The van der Waals surface area contributed by atoms with Gasteiger partial charge in [0.2, 0.25) is 0 Å². The van der Waals surface area contributed by atoms with Crippen LogP contribution in [0.4, 0.5) is 4.79 Å². The molecule has 7 heteroatoms. The van der Waals surface area contributed by atoms with Crippen LogP contribution < -0.4 is 10.6 Å². The summed E-state index contributed by atoms with van der Waals surface area (Å²) in [4.78, 5) is 24.6. The number of amides is 2. The molecule has 3 rings (SSSR count). The number of benzene rings is 2. The lowest BCUT2D eigenvalue weighted by atomic mass is 9.95. The van der Waals surface area contributed by atoms with E-state index in [0.717, 1.165) is 5.56 Å². The van der Waals surface area contributed by atoms with Crippen molar-refractivity contribution < 1.29 is 14.3 Å². The number of ether oxygens (including phenoxy) is 1. The Bertz CT molecular complexity index is 882. The molecule has 0 unspecified atom stereocenters. The molecule has 0 spiro atoms. The standard InChI is InChI=1S/C19H16Cl2N2O3/c1-11-16(18(24)26-10-12-5-3-2-4-6-12)17(23-19(25)22-11)13-7-8-14(20)15(21)9-13/h2-9,17H,10H2,1H3,(H2,22,23,25)/t17-/m0/s1. The zero-order valence-electron chi connectivity index (χ0n) is 13.9. The Morgan fingerprint density at radius 3 is 2.54 bits per heavy atom.